The van der Waals surface area contributed by atoms with E-state index < -0.39 is 6.85 Å². The van der Waals surface area contributed by atoms with Crippen LogP contribution >= 0.6 is 0 Å². The first-order chi connectivity index (χ1) is 33.2. The van der Waals surface area contributed by atoms with Gasteiger partial charge in [0.25, 0.3) is 0 Å². The summed E-state index contributed by atoms with van der Waals surface area (Å²) in [5.41, 5.74) is 16.0. The third-order valence-electron chi connectivity index (χ3n) is 13.1. The van der Waals surface area contributed by atoms with E-state index in [0.29, 0.717) is 22.6 Å². The predicted molar refractivity (Wildman–Crippen MR) is 283 cm³/mol. The van der Waals surface area contributed by atoms with Crippen LogP contribution in [0.25, 0.3) is 83.9 Å². The van der Waals surface area contributed by atoms with Gasteiger partial charge in [-0.05, 0) is 145 Å². The van der Waals surface area contributed by atoms with Crippen LogP contribution < -0.4 is 0 Å². The molecule has 9 aromatic rings. The highest BCUT2D eigenvalue weighted by atomic mass is 16.3. The Morgan fingerprint density at radius 2 is 1.24 bits per heavy atom. The van der Waals surface area contributed by atoms with Crippen molar-refractivity contribution >= 4 is 11.0 Å². The third-order valence-corrected chi connectivity index (χ3v) is 13.1. The molecule has 0 aliphatic heterocycles. The van der Waals surface area contributed by atoms with Crippen molar-refractivity contribution in [2.75, 3.05) is 0 Å². The number of benzene rings is 7. The van der Waals surface area contributed by atoms with Crippen molar-refractivity contribution in [3.05, 3.63) is 192 Å². The number of hydrogen-bond acceptors (Lipinski definition) is 3. The molecule has 0 amide bonds. The number of aromatic nitrogens is 3. The fourth-order valence-electron chi connectivity index (χ4n) is 9.38. The molecule has 0 aliphatic carbocycles. The lowest BCUT2D eigenvalue weighted by Crippen LogP contribution is -2.13. The highest BCUT2D eigenvalue weighted by molar-refractivity contribution is 5.97. The van der Waals surface area contributed by atoms with E-state index in [-0.39, 0.29) is 34.0 Å². The molecule has 4 nitrogen and oxygen atoms in total. The Labute approximate surface area is 402 Å². The van der Waals surface area contributed by atoms with E-state index in [1.165, 1.54) is 0 Å². The average molecular weight is 881 g/mol. The van der Waals surface area contributed by atoms with E-state index in [0.717, 1.165) is 83.5 Å². The first-order valence-corrected chi connectivity index (χ1v) is 23.6. The molecular formula is C63H63N3O. The number of phenolic OH excluding ortho intramolecular Hbond substituents is 1. The Hall–Kier alpha value is -7.04. The summed E-state index contributed by atoms with van der Waals surface area (Å²) < 4.78 is 29.7. The zero-order valence-electron chi connectivity index (χ0n) is 43.5. The smallest absolute Gasteiger partial charge is 0.149 e. The monoisotopic (exact) mass is 881 g/mol. The van der Waals surface area contributed by atoms with Gasteiger partial charge in [-0.1, -0.05) is 178 Å². The highest BCUT2D eigenvalue weighted by Gasteiger charge is 2.27. The molecule has 2 aromatic heterocycles. The lowest BCUT2D eigenvalue weighted by atomic mass is 9.78. The molecule has 9 rings (SSSR count). The van der Waals surface area contributed by atoms with E-state index in [2.05, 4.69) is 154 Å². The van der Waals surface area contributed by atoms with E-state index in [1.807, 2.05) is 83.6 Å². The third kappa shape index (κ3) is 8.74. The molecule has 0 spiro atoms. The average Bonchev–Trinajstić information content (AvgIpc) is 3.72. The highest BCUT2D eigenvalue weighted by Crippen LogP contribution is 2.45. The van der Waals surface area contributed by atoms with Gasteiger partial charge in [-0.3, -0.25) is 9.55 Å². The second kappa shape index (κ2) is 17.6. The van der Waals surface area contributed by atoms with Crippen molar-refractivity contribution in [2.45, 2.75) is 98.8 Å². The van der Waals surface area contributed by atoms with Gasteiger partial charge in [0.2, 0.25) is 0 Å². The number of para-hydroxylation sites is 1. The molecular weight excluding hydrogens is 815 g/mol. The predicted octanol–water partition coefficient (Wildman–Crippen LogP) is 17.3. The minimum absolute atomic E-state index is 0.0114. The molecule has 0 aliphatic rings. The summed E-state index contributed by atoms with van der Waals surface area (Å²) in [6.07, 6.45) is 1.87. The zero-order valence-corrected chi connectivity index (χ0v) is 40.5. The second-order valence-corrected chi connectivity index (χ2v) is 20.7. The topological polar surface area (TPSA) is 50.9 Å². The Morgan fingerprint density at radius 3 is 1.91 bits per heavy atom. The summed E-state index contributed by atoms with van der Waals surface area (Å²) in [5.74, 6) is 0.763. The summed E-state index contributed by atoms with van der Waals surface area (Å²) in [5, 5.41) is 12.4. The van der Waals surface area contributed by atoms with E-state index in [1.54, 1.807) is 0 Å². The number of pyridine rings is 1. The Bertz CT molecular complexity index is 3390. The van der Waals surface area contributed by atoms with Crippen molar-refractivity contribution < 1.29 is 9.22 Å². The number of rotatable bonds is 9. The maximum atomic E-state index is 12.4. The number of fused-ring (bicyclic) bond motifs is 1. The number of phenols is 1. The van der Waals surface area contributed by atoms with Crippen LogP contribution in [0.5, 0.6) is 5.75 Å². The number of nitrogens with zero attached hydrogens (tertiary/aromatic N) is 3. The second-order valence-electron chi connectivity index (χ2n) is 20.7. The molecule has 2 heterocycles. The maximum Gasteiger partial charge on any atom is 0.149 e. The van der Waals surface area contributed by atoms with Gasteiger partial charge < -0.3 is 5.11 Å². The maximum absolute atomic E-state index is 12.4. The van der Waals surface area contributed by atoms with Crippen molar-refractivity contribution in [2.24, 2.45) is 0 Å². The molecule has 67 heavy (non-hydrogen) atoms. The van der Waals surface area contributed by atoms with E-state index in [9.17, 15) is 9.22 Å². The van der Waals surface area contributed by atoms with Crippen molar-refractivity contribution in [1.82, 2.24) is 14.5 Å². The lowest BCUT2D eigenvalue weighted by molar-refractivity contribution is 0.466. The van der Waals surface area contributed by atoms with Crippen molar-refractivity contribution in [3.8, 4) is 78.6 Å². The van der Waals surface area contributed by atoms with Gasteiger partial charge in [-0.25, -0.2) is 4.98 Å². The first kappa shape index (κ1) is 41.4. The van der Waals surface area contributed by atoms with Crippen LogP contribution in [-0.4, -0.2) is 19.6 Å². The Morgan fingerprint density at radius 1 is 0.552 bits per heavy atom. The summed E-state index contributed by atoms with van der Waals surface area (Å²) in [4.78, 5) is 10.5. The van der Waals surface area contributed by atoms with Gasteiger partial charge in [-0.2, -0.15) is 0 Å². The van der Waals surface area contributed by atoms with Gasteiger partial charge in [0, 0.05) is 21.4 Å². The molecule has 336 valence electrons. The number of imidazole rings is 1. The number of aryl methyl sites for hydroxylation is 1. The molecule has 0 saturated heterocycles. The lowest BCUT2D eigenvalue weighted by Gasteiger charge is -2.26. The minimum atomic E-state index is -2.54. The van der Waals surface area contributed by atoms with Crippen molar-refractivity contribution in [3.63, 3.8) is 0 Å². The van der Waals surface area contributed by atoms with Crippen LogP contribution in [0.2, 0.25) is 0 Å². The molecule has 0 fully saturated rings. The summed E-state index contributed by atoms with van der Waals surface area (Å²) in [6.45, 7) is 19.2. The van der Waals surface area contributed by atoms with E-state index in [4.69, 9.17) is 9.97 Å². The minimum Gasteiger partial charge on any atom is -0.507 e. The van der Waals surface area contributed by atoms with Crippen LogP contribution in [0, 0.1) is 6.85 Å². The van der Waals surface area contributed by atoms with Gasteiger partial charge in [-0.15, -0.1) is 0 Å². The quantitative estimate of drug-likeness (QED) is 0.157. The van der Waals surface area contributed by atoms with Gasteiger partial charge in [0.05, 0.1) is 28.0 Å². The van der Waals surface area contributed by atoms with Crippen LogP contribution in [0.15, 0.2) is 164 Å². The fourth-order valence-corrected chi connectivity index (χ4v) is 9.38. The number of hydrogen-bond donors (Lipinski definition) is 1. The van der Waals surface area contributed by atoms with Gasteiger partial charge >= 0.3 is 0 Å². The molecule has 0 atom stereocenters. The zero-order chi connectivity index (χ0) is 49.9. The van der Waals surface area contributed by atoms with Crippen LogP contribution in [-0.2, 0) is 10.8 Å². The SMILES string of the molecule is [2H]C([2H])([2H])c1cc(-c2c(-c3ccccc3)cccc2C(C)(C)C)ccc1-n1c(-c2cc(C(C)C)cc(C(C)C)c2O)nc2c(-c3cc(-c4cc(-c5ccccc5)ccn4)cc(C(C)(C)C)c3)cccc21. The molecule has 0 saturated carbocycles. The van der Waals surface area contributed by atoms with E-state index >= 15 is 0 Å². The van der Waals surface area contributed by atoms with Gasteiger partial charge in [0.1, 0.15) is 11.6 Å². The summed E-state index contributed by atoms with van der Waals surface area (Å²) in [7, 11) is 0. The van der Waals surface area contributed by atoms with Crippen LogP contribution in [0.3, 0.4) is 0 Å². The van der Waals surface area contributed by atoms with Gasteiger partial charge in [0.15, 0.2) is 0 Å². The summed E-state index contributed by atoms with van der Waals surface area (Å²) >= 11 is 0. The normalized spacial score (nSPS) is 13.0. The molecule has 0 bridgehead atoms. The fraction of sp³-hybridized carbons (Fsp3) is 0.238. The number of aromatic hydroxyl groups is 1. The standard InChI is InChI=1S/C63H63N3O/c1-39(2)46-36-52(40(3)4)60(67)53(37-46)61-65-59-51(47-33-48(35-49(34-47)62(6,7)8)55-38-44(30-31-64-55)42-20-14-12-15-21-42)25-19-27-57(59)66(61)56-29-28-45(32-41(56)5)58-50(43-22-16-13-17-23-43)24-18-26-54(58)63(9,10)11/h12-40,67H,1-11H3/i5D3. The summed E-state index contributed by atoms with van der Waals surface area (Å²) in [6, 6.07) is 54.0. The molecule has 1 N–H and O–H groups in total. The molecule has 4 heteroatoms. The Kier molecular flexibility index (Phi) is 10.9. The molecule has 0 unspecified atom stereocenters. The first-order valence-electron chi connectivity index (χ1n) is 25.1. The van der Waals surface area contributed by atoms with Crippen LogP contribution in [0.4, 0.5) is 0 Å². The largest absolute Gasteiger partial charge is 0.507 e. The van der Waals surface area contributed by atoms with Crippen LogP contribution in [0.1, 0.15) is 113 Å². The molecule has 0 radical (unpaired) electrons. The Balaban J connectivity index is 1.35. The van der Waals surface area contributed by atoms with Crippen molar-refractivity contribution in [1.29, 1.82) is 0 Å². The molecule has 7 aromatic carbocycles.